The van der Waals surface area contributed by atoms with E-state index in [9.17, 15) is 24.5 Å². The van der Waals surface area contributed by atoms with Crippen LogP contribution in [0, 0.1) is 21.4 Å². The van der Waals surface area contributed by atoms with Gasteiger partial charge in [-0.3, -0.25) is 24.5 Å². The number of piperidine rings is 2. The minimum atomic E-state index is -1.42. The number of nitrogens with one attached hydrogen (secondary N) is 1. The third kappa shape index (κ3) is 2.95. The minimum Gasteiger partial charge on any atom is -0.482 e. The van der Waals surface area contributed by atoms with Crippen molar-refractivity contribution in [2.75, 3.05) is 6.54 Å². The molecule has 2 amide bonds. The zero-order valence-electron chi connectivity index (χ0n) is 22.0. The van der Waals surface area contributed by atoms with Gasteiger partial charge in [-0.25, -0.2) is 0 Å². The number of hydrogen-bond donors (Lipinski definition) is 1. The van der Waals surface area contributed by atoms with E-state index in [1.165, 1.54) is 12.1 Å². The number of Topliss-reactive ketones (excluding diaryl/α,β-unsaturated/α-hetero) is 1. The van der Waals surface area contributed by atoms with Gasteiger partial charge in [0.05, 0.1) is 16.1 Å². The van der Waals surface area contributed by atoms with E-state index in [0.29, 0.717) is 31.6 Å². The Hall–Kier alpha value is -3.75. The number of ether oxygens (including phenoxy) is 1. The van der Waals surface area contributed by atoms with Gasteiger partial charge in [0.1, 0.15) is 22.4 Å². The number of nitrogens with zero attached hydrogens (tertiary/aromatic N) is 2. The normalized spacial score (nSPS) is 34.4. The van der Waals surface area contributed by atoms with Crippen molar-refractivity contribution in [3.8, 4) is 5.75 Å². The Kier molecular flexibility index (Phi) is 4.95. The summed E-state index contributed by atoms with van der Waals surface area (Å²) in [7, 11) is 0. The van der Waals surface area contributed by atoms with Crippen molar-refractivity contribution in [1.82, 2.24) is 10.2 Å². The Morgan fingerprint density at radius 2 is 2.00 bits per heavy atom. The summed E-state index contributed by atoms with van der Waals surface area (Å²) >= 11 is 0. The molecular weight excluding hydrogens is 486 g/mol. The highest BCUT2D eigenvalue weighted by Gasteiger charge is 2.72. The maximum atomic E-state index is 14.0. The highest BCUT2D eigenvalue weighted by molar-refractivity contribution is 6.27. The molecule has 198 valence electrons. The van der Waals surface area contributed by atoms with E-state index in [1.54, 1.807) is 37.0 Å². The van der Waals surface area contributed by atoms with Crippen molar-refractivity contribution >= 4 is 34.9 Å². The Morgan fingerprint density at radius 3 is 2.71 bits per heavy atom. The number of piperazine rings is 1. The van der Waals surface area contributed by atoms with Gasteiger partial charge in [0.15, 0.2) is 5.78 Å². The summed E-state index contributed by atoms with van der Waals surface area (Å²) < 4.78 is 6.17. The molecule has 4 saturated heterocycles. The largest absolute Gasteiger partial charge is 0.482 e. The van der Waals surface area contributed by atoms with E-state index in [4.69, 9.17) is 4.74 Å². The summed E-state index contributed by atoms with van der Waals surface area (Å²) in [5.41, 5.74) is -3.80. The van der Waals surface area contributed by atoms with Gasteiger partial charge in [-0.05, 0) is 63.5 Å². The number of ketones is 1. The first-order chi connectivity index (χ1) is 17.9. The number of amides is 2. The summed E-state index contributed by atoms with van der Waals surface area (Å²) in [6.45, 7) is 7.87. The van der Waals surface area contributed by atoms with Gasteiger partial charge in [-0.2, -0.15) is 0 Å². The van der Waals surface area contributed by atoms with Crippen molar-refractivity contribution in [2.24, 2.45) is 11.3 Å². The molecule has 4 fully saturated rings. The molecule has 5 aliphatic heterocycles. The number of carbonyl (C=O) groups is 3. The molecular formula is C29H31N3O6. The van der Waals surface area contributed by atoms with Crippen LogP contribution in [-0.4, -0.2) is 50.6 Å². The van der Waals surface area contributed by atoms with E-state index in [1.807, 2.05) is 26.0 Å². The number of nitro benzene ring substituents is 1. The average Bonchev–Trinajstić information content (AvgIpc) is 3.31. The number of fused-ring (bicyclic) bond motifs is 2. The fourth-order valence-corrected chi connectivity index (χ4v) is 7.31. The lowest BCUT2D eigenvalue weighted by Crippen LogP contribution is -2.83. The summed E-state index contributed by atoms with van der Waals surface area (Å²) in [4.78, 5) is 54.9. The molecule has 1 aliphatic carbocycles. The number of nitro groups is 1. The zero-order valence-corrected chi connectivity index (χ0v) is 22.0. The van der Waals surface area contributed by atoms with E-state index >= 15 is 0 Å². The van der Waals surface area contributed by atoms with E-state index < -0.39 is 32.9 Å². The smallest absolute Gasteiger partial charge is 0.288 e. The van der Waals surface area contributed by atoms with E-state index in [-0.39, 0.29) is 40.0 Å². The first kappa shape index (κ1) is 24.6. The van der Waals surface area contributed by atoms with Gasteiger partial charge in [0.25, 0.3) is 11.6 Å². The second-order valence-corrected chi connectivity index (χ2v) is 11.9. The van der Waals surface area contributed by atoms with Crippen LogP contribution in [0.2, 0.25) is 0 Å². The number of carbonyl (C=O) groups excluding carboxylic acids is 3. The van der Waals surface area contributed by atoms with E-state index in [2.05, 4.69) is 5.32 Å². The van der Waals surface area contributed by atoms with Crippen molar-refractivity contribution in [1.29, 1.82) is 0 Å². The minimum absolute atomic E-state index is 0.0821. The third-order valence-electron chi connectivity index (χ3n) is 9.35. The molecule has 38 heavy (non-hydrogen) atoms. The molecule has 1 aromatic rings. The molecule has 0 aromatic heterocycles. The van der Waals surface area contributed by atoms with Crippen LogP contribution in [0.3, 0.4) is 0 Å². The molecule has 6 aliphatic rings. The lowest BCUT2D eigenvalue weighted by Gasteiger charge is -2.62. The van der Waals surface area contributed by atoms with E-state index in [0.717, 1.165) is 6.42 Å². The number of hydrogen-bond acceptors (Lipinski definition) is 6. The molecule has 1 aromatic carbocycles. The Balaban J connectivity index is 1.53. The lowest BCUT2D eigenvalue weighted by atomic mass is 9.51. The summed E-state index contributed by atoms with van der Waals surface area (Å²) in [5, 5.41) is 15.5. The molecule has 4 atom stereocenters. The van der Waals surface area contributed by atoms with Gasteiger partial charge >= 0.3 is 0 Å². The summed E-state index contributed by atoms with van der Waals surface area (Å²) in [6, 6.07) is 3.18. The van der Waals surface area contributed by atoms with Crippen molar-refractivity contribution in [3.05, 3.63) is 57.7 Å². The highest BCUT2D eigenvalue weighted by Crippen LogP contribution is 2.59. The topological polar surface area (TPSA) is 119 Å². The number of rotatable bonds is 4. The van der Waals surface area contributed by atoms with Gasteiger partial charge in [0.2, 0.25) is 5.91 Å². The molecule has 9 heteroatoms. The first-order valence-electron chi connectivity index (χ1n) is 13.1. The third-order valence-corrected chi connectivity index (χ3v) is 9.35. The van der Waals surface area contributed by atoms with Crippen LogP contribution in [0.4, 0.5) is 5.69 Å². The van der Waals surface area contributed by atoms with Crippen LogP contribution >= 0.6 is 0 Å². The SMILES string of the molecule is C/C=C/CC1(C)C=Cc2c(ccc(C3=CC45NC(=O)C6(CCCN6C4=O)CC5C(C)(C)C3=O)c2[N+](=O)[O-])O1. The fraction of sp³-hybridized carbons (Fsp3) is 0.483. The molecule has 4 unspecified atom stereocenters. The predicted molar refractivity (Wildman–Crippen MR) is 140 cm³/mol. The standard InChI is InChI=1S/C29H31N3O6/c1-5-6-11-27(4)13-10-18-20(38-27)9-8-17(22(18)32(36)37)19-15-29-21(26(2,3)23(19)33)16-28(24(34)30-29)12-7-14-31(28)25(29)35/h5-6,8-10,13,15,21H,7,11-12,14,16H2,1-4H3,(H,30,34)/b6-5+. The van der Waals surface area contributed by atoms with Crippen LogP contribution in [0.5, 0.6) is 5.75 Å². The van der Waals surface area contributed by atoms with Crippen LogP contribution in [0.25, 0.3) is 11.6 Å². The number of allylic oxidation sites excluding steroid dienone is 2. The van der Waals surface area contributed by atoms with Gasteiger partial charge in [-0.1, -0.05) is 26.0 Å². The Bertz CT molecular complexity index is 1420. The number of benzene rings is 1. The molecule has 0 radical (unpaired) electrons. The monoisotopic (exact) mass is 517 g/mol. The second-order valence-electron chi connectivity index (χ2n) is 11.9. The van der Waals surface area contributed by atoms with Crippen LogP contribution in [0.1, 0.15) is 64.5 Å². The lowest BCUT2D eigenvalue weighted by molar-refractivity contribution is -0.385. The first-order valence-corrected chi connectivity index (χ1v) is 13.1. The Labute approximate surface area is 220 Å². The zero-order chi connectivity index (χ0) is 27.3. The average molecular weight is 518 g/mol. The molecule has 2 bridgehead atoms. The van der Waals surface area contributed by atoms with Gasteiger partial charge in [0, 0.05) is 29.9 Å². The molecule has 7 rings (SSSR count). The van der Waals surface area contributed by atoms with Crippen LogP contribution in [0.15, 0.2) is 36.4 Å². The van der Waals surface area contributed by atoms with Crippen molar-refractivity contribution < 1.29 is 24.0 Å². The fourth-order valence-electron chi connectivity index (χ4n) is 7.31. The quantitative estimate of drug-likeness (QED) is 0.367. The van der Waals surface area contributed by atoms with Crippen LogP contribution < -0.4 is 10.1 Å². The molecule has 5 heterocycles. The van der Waals surface area contributed by atoms with Gasteiger partial charge in [-0.15, -0.1) is 0 Å². The molecule has 0 saturated carbocycles. The molecule has 9 nitrogen and oxygen atoms in total. The van der Waals surface area contributed by atoms with Crippen molar-refractivity contribution in [3.63, 3.8) is 0 Å². The molecule has 2 spiro atoms. The van der Waals surface area contributed by atoms with Gasteiger partial charge < -0.3 is 15.0 Å². The maximum Gasteiger partial charge on any atom is 0.288 e. The van der Waals surface area contributed by atoms with Crippen molar-refractivity contribution in [2.45, 2.75) is 70.1 Å². The molecule has 1 N–H and O–H groups in total. The Morgan fingerprint density at radius 1 is 1.24 bits per heavy atom. The van der Waals surface area contributed by atoms with Crippen LogP contribution in [-0.2, 0) is 14.4 Å². The maximum absolute atomic E-state index is 14.0. The second kappa shape index (κ2) is 7.65. The summed E-state index contributed by atoms with van der Waals surface area (Å²) in [5.74, 6) is -0.796. The predicted octanol–water partition coefficient (Wildman–Crippen LogP) is 3.97. The highest BCUT2D eigenvalue weighted by atomic mass is 16.6. The summed E-state index contributed by atoms with van der Waals surface area (Å²) in [6.07, 6.45) is 11.2.